The first-order valence-corrected chi connectivity index (χ1v) is 6.43. The van der Waals surface area contributed by atoms with Gasteiger partial charge in [-0.2, -0.15) is 0 Å². The molecule has 3 nitrogen and oxygen atoms in total. The predicted octanol–water partition coefficient (Wildman–Crippen LogP) is 1.96. The molecule has 1 rings (SSSR count). The topological polar surface area (TPSA) is 50.9 Å². The molecule has 0 aromatic carbocycles. The standard InChI is InChI=1S/C11H21N3S/c1-9(11-14-6-7-15-11)8-13-5-3-4-10(2)12/h6-7,9-10,13H,3-5,8,12H2,1-2H3. The van der Waals surface area contributed by atoms with E-state index in [1.165, 1.54) is 5.01 Å². The molecule has 1 aromatic heterocycles. The van der Waals surface area contributed by atoms with Crippen molar-refractivity contribution in [2.75, 3.05) is 13.1 Å². The van der Waals surface area contributed by atoms with Crippen LogP contribution >= 0.6 is 11.3 Å². The van der Waals surface area contributed by atoms with Crippen molar-refractivity contribution in [3.63, 3.8) is 0 Å². The highest BCUT2D eigenvalue weighted by molar-refractivity contribution is 7.09. The van der Waals surface area contributed by atoms with Gasteiger partial charge in [-0.05, 0) is 26.3 Å². The van der Waals surface area contributed by atoms with Crippen molar-refractivity contribution in [1.82, 2.24) is 10.3 Å². The minimum Gasteiger partial charge on any atom is -0.328 e. The first-order chi connectivity index (χ1) is 7.20. The van der Waals surface area contributed by atoms with E-state index in [1.54, 1.807) is 11.3 Å². The number of hydrogen-bond donors (Lipinski definition) is 2. The van der Waals surface area contributed by atoms with E-state index in [1.807, 2.05) is 11.6 Å². The van der Waals surface area contributed by atoms with Crippen LogP contribution in [0, 0.1) is 0 Å². The molecule has 4 heteroatoms. The van der Waals surface area contributed by atoms with Crippen LogP contribution in [0.2, 0.25) is 0 Å². The molecule has 0 bridgehead atoms. The number of rotatable bonds is 7. The third kappa shape index (κ3) is 5.25. The highest BCUT2D eigenvalue weighted by Crippen LogP contribution is 2.16. The summed E-state index contributed by atoms with van der Waals surface area (Å²) in [7, 11) is 0. The highest BCUT2D eigenvalue weighted by Gasteiger charge is 2.06. The molecule has 0 spiro atoms. The van der Waals surface area contributed by atoms with Crippen molar-refractivity contribution in [3.05, 3.63) is 16.6 Å². The summed E-state index contributed by atoms with van der Waals surface area (Å²) in [6, 6.07) is 0.322. The Morgan fingerprint density at radius 2 is 2.33 bits per heavy atom. The average molecular weight is 227 g/mol. The van der Waals surface area contributed by atoms with Crippen molar-refractivity contribution in [2.45, 2.75) is 38.6 Å². The van der Waals surface area contributed by atoms with Crippen LogP contribution in [0.3, 0.4) is 0 Å². The lowest BCUT2D eigenvalue weighted by molar-refractivity contribution is 0.552. The van der Waals surface area contributed by atoms with E-state index in [0.717, 1.165) is 25.9 Å². The number of nitrogens with two attached hydrogens (primary N) is 1. The van der Waals surface area contributed by atoms with Gasteiger partial charge in [0.15, 0.2) is 0 Å². The van der Waals surface area contributed by atoms with Crippen molar-refractivity contribution >= 4 is 11.3 Å². The fourth-order valence-corrected chi connectivity index (χ4v) is 2.13. The molecule has 0 fully saturated rings. The molecule has 2 atom stereocenters. The van der Waals surface area contributed by atoms with E-state index >= 15 is 0 Å². The van der Waals surface area contributed by atoms with Gasteiger partial charge in [0.2, 0.25) is 0 Å². The largest absolute Gasteiger partial charge is 0.328 e. The zero-order chi connectivity index (χ0) is 11.1. The second kappa shape index (κ2) is 6.93. The lowest BCUT2D eigenvalue weighted by atomic mass is 10.1. The maximum atomic E-state index is 5.68. The van der Waals surface area contributed by atoms with Crippen molar-refractivity contribution in [2.24, 2.45) is 5.73 Å². The van der Waals surface area contributed by atoms with Gasteiger partial charge >= 0.3 is 0 Å². The Morgan fingerprint density at radius 3 is 2.93 bits per heavy atom. The summed E-state index contributed by atoms with van der Waals surface area (Å²) in [6.07, 6.45) is 4.12. The van der Waals surface area contributed by atoms with Gasteiger partial charge in [0.1, 0.15) is 0 Å². The second-order valence-corrected chi connectivity index (χ2v) is 5.02. The van der Waals surface area contributed by atoms with Gasteiger partial charge in [-0.15, -0.1) is 11.3 Å². The van der Waals surface area contributed by atoms with Gasteiger partial charge in [0.25, 0.3) is 0 Å². The Balaban J connectivity index is 2.05. The number of nitrogens with zero attached hydrogens (tertiary/aromatic N) is 1. The molecule has 0 saturated heterocycles. The summed E-state index contributed by atoms with van der Waals surface area (Å²) in [4.78, 5) is 4.30. The lowest BCUT2D eigenvalue weighted by Gasteiger charge is -2.10. The summed E-state index contributed by atoms with van der Waals surface area (Å²) >= 11 is 1.73. The van der Waals surface area contributed by atoms with Crippen molar-refractivity contribution in [3.8, 4) is 0 Å². The number of thiazole rings is 1. The number of nitrogens with one attached hydrogen (secondary N) is 1. The minimum atomic E-state index is 0.322. The van der Waals surface area contributed by atoms with E-state index < -0.39 is 0 Å². The molecule has 0 aliphatic carbocycles. The highest BCUT2D eigenvalue weighted by atomic mass is 32.1. The summed E-state index contributed by atoms with van der Waals surface area (Å²) in [5.74, 6) is 0.514. The van der Waals surface area contributed by atoms with Gasteiger partial charge < -0.3 is 11.1 Å². The van der Waals surface area contributed by atoms with Crippen LogP contribution in [-0.2, 0) is 0 Å². The zero-order valence-corrected chi connectivity index (χ0v) is 10.4. The van der Waals surface area contributed by atoms with Gasteiger partial charge in [0, 0.05) is 30.1 Å². The van der Waals surface area contributed by atoms with Gasteiger partial charge in [-0.1, -0.05) is 6.92 Å². The van der Waals surface area contributed by atoms with E-state index in [2.05, 4.69) is 24.1 Å². The molecule has 0 saturated carbocycles. The molecule has 2 unspecified atom stereocenters. The second-order valence-electron chi connectivity index (χ2n) is 4.10. The Bertz CT molecular complexity index is 246. The smallest absolute Gasteiger partial charge is 0.0965 e. The Labute approximate surface area is 96.1 Å². The average Bonchev–Trinajstić information content (AvgIpc) is 2.69. The molecular weight excluding hydrogens is 206 g/mol. The van der Waals surface area contributed by atoms with Gasteiger partial charge in [-0.3, -0.25) is 0 Å². The van der Waals surface area contributed by atoms with E-state index in [-0.39, 0.29) is 0 Å². The summed E-state index contributed by atoms with van der Waals surface area (Å²) < 4.78 is 0. The summed E-state index contributed by atoms with van der Waals surface area (Å²) in [5.41, 5.74) is 5.68. The van der Waals surface area contributed by atoms with E-state index in [4.69, 9.17) is 5.73 Å². The van der Waals surface area contributed by atoms with Crippen LogP contribution in [-0.4, -0.2) is 24.1 Å². The third-order valence-corrected chi connectivity index (χ3v) is 3.34. The molecule has 0 radical (unpaired) electrons. The molecule has 1 aromatic rings. The van der Waals surface area contributed by atoms with Crippen LogP contribution in [0.25, 0.3) is 0 Å². The fraction of sp³-hybridized carbons (Fsp3) is 0.727. The maximum Gasteiger partial charge on any atom is 0.0965 e. The first-order valence-electron chi connectivity index (χ1n) is 5.56. The Hall–Kier alpha value is -0.450. The maximum absolute atomic E-state index is 5.68. The lowest BCUT2D eigenvalue weighted by Crippen LogP contribution is -2.23. The molecule has 3 N–H and O–H groups in total. The van der Waals surface area contributed by atoms with E-state index in [9.17, 15) is 0 Å². The quantitative estimate of drug-likeness (QED) is 0.700. The molecule has 86 valence electrons. The fourth-order valence-electron chi connectivity index (χ4n) is 1.43. The zero-order valence-electron chi connectivity index (χ0n) is 9.57. The van der Waals surface area contributed by atoms with Crippen molar-refractivity contribution < 1.29 is 0 Å². The normalized spacial score (nSPS) is 15.1. The van der Waals surface area contributed by atoms with E-state index in [0.29, 0.717) is 12.0 Å². The Kier molecular flexibility index (Phi) is 5.83. The molecule has 0 amide bonds. The Morgan fingerprint density at radius 1 is 1.53 bits per heavy atom. The first kappa shape index (κ1) is 12.6. The summed E-state index contributed by atoms with van der Waals surface area (Å²) in [6.45, 7) is 6.32. The SMILES string of the molecule is CC(N)CCCNCC(C)c1nccs1. The van der Waals surface area contributed by atoms with Crippen LogP contribution < -0.4 is 11.1 Å². The molecule has 15 heavy (non-hydrogen) atoms. The third-order valence-electron chi connectivity index (χ3n) is 2.34. The monoisotopic (exact) mass is 227 g/mol. The minimum absolute atomic E-state index is 0.322. The van der Waals surface area contributed by atoms with Gasteiger partial charge in [-0.25, -0.2) is 4.98 Å². The molecular formula is C11H21N3S. The molecule has 0 aliphatic heterocycles. The van der Waals surface area contributed by atoms with Gasteiger partial charge in [0.05, 0.1) is 5.01 Å². The molecule has 0 aliphatic rings. The summed E-state index contributed by atoms with van der Waals surface area (Å²) in [5, 5.41) is 6.69. The number of hydrogen-bond acceptors (Lipinski definition) is 4. The molecule has 1 heterocycles. The van der Waals surface area contributed by atoms with Crippen LogP contribution in [0.1, 0.15) is 37.6 Å². The predicted molar refractivity (Wildman–Crippen MR) is 66.3 cm³/mol. The van der Waals surface area contributed by atoms with Crippen LogP contribution in [0.4, 0.5) is 0 Å². The van der Waals surface area contributed by atoms with Crippen molar-refractivity contribution in [1.29, 1.82) is 0 Å². The van der Waals surface area contributed by atoms with Crippen LogP contribution in [0.5, 0.6) is 0 Å². The van der Waals surface area contributed by atoms with Crippen LogP contribution in [0.15, 0.2) is 11.6 Å². The number of aromatic nitrogens is 1.